The van der Waals surface area contributed by atoms with E-state index in [1.54, 1.807) is 0 Å². The lowest BCUT2D eigenvalue weighted by molar-refractivity contribution is 0.751. The lowest BCUT2D eigenvalue weighted by Crippen LogP contribution is -2.28. The Hall–Kier alpha value is -3.35. The highest BCUT2D eigenvalue weighted by atomic mass is 16.2. The van der Waals surface area contributed by atoms with E-state index in [4.69, 9.17) is 4.98 Å². The molecule has 7 heteroatoms. The molecule has 1 aliphatic carbocycles. The van der Waals surface area contributed by atoms with Gasteiger partial charge in [0.25, 0.3) is 0 Å². The Labute approximate surface area is 153 Å². The van der Waals surface area contributed by atoms with Gasteiger partial charge in [-0.3, -0.25) is 9.59 Å². The number of hydrogen-bond donors (Lipinski definition) is 4. The van der Waals surface area contributed by atoms with Crippen molar-refractivity contribution in [3.8, 4) is 11.1 Å². The van der Waals surface area contributed by atoms with Gasteiger partial charge in [0.1, 0.15) is 11.5 Å². The summed E-state index contributed by atoms with van der Waals surface area (Å²) < 4.78 is 0. The van der Waals surface area contributed by atoms with E-state index in [0.29, 0.717) is 17.1 Å². The highest BCUT2D eigenvalue weighted by molar-refractivity contribution is 5.96. The lowest BCUT2D eigenvalue weighted by atomic mass is 10.0. The van der Waals surface area contributed by atoms with Crippen molar-refractivity contribution in [2.75, 3.05) is 5.32 Å². The van der Waals surface area contributed by atoms with Gasteiger partial charge in [-0.25, -0.2) is 4.98 Å². The molecule has 3 heterocycles. The normalized spacial score (nSPS) is 15.0. The molecule has 5 rings (SSSR count). The number of pyridine rings is 1. The van der Waals surface area contributed by atoms with Crippen molar-refractivity contribution in [2.45, 2.75) is 31.7 Å². The SMILES string of the molecule is O=c1[nH]c2ccc(-c3cc(NC4CCCC4)nc4[nH]ccc34)cc2[nH]c1=O. The highest BCUT2D eigenvalue weighted by Crippen LogP contribution is 2.32. The third-order valence-corrected chi connectivity index (χ3v) is 5.27. The van der Waals surface area contributed by atoms with Crippen LogP contribution in [0.2, 0.25) is 0 Å². The molecule has 0 atom stereocenters. The first-order valence-corrected chi connectivity index (χ1v) is 9.19. The predicted molar refractivity (Wildman–Crippen MR) is 106 cm³/mol. The Balaban J connectivity index is 1.65. The molecule has 1 fully saturated rings. The molecule has 7 nitrogen and oxygen atoms in total. The number of rotatable bonds is 3. The summed E-state index contributed by atoms with van der Waals surface area (Å²) in [6.45, 7) is 0. The Morgan fingerprint density at radius 2 is 1.74 bits per heavy atom. The van der Waals surface area contributed by atoms with Gasteiger partial charge in [-0.05, 0) is 48.2 Å². The van der Waals surface area contributed by atoms with Crippen LogP contribution in [0.1, 0.15) is 25.7 Å². The van der Waals surface area contributed by atoms with Gasteiger partial charge in [0.15, 0.2) is 0 Å². The van der Waals surface area contributed by atoms with E-state index >= 15 is 0 Å². The molecule has 0 spiro atoms. The fourth-order valence-electron chi connectivity index (χ4n) is 3.91. The van der Waals surface area contributed by atoms with Crippen LogP contribution in [0.3, 0.4) is 0 Å². The zero-order valence-corrected chi connectivity index (χ0v) is 14.6. The number of benzene rings is 1. The lowest BCUT2D eigenvalue weighted by Gasteiger charge is -2.14. The summed E-state index contributed by atoms with van der Waals surface area (Å²) in [6, 6.07) is 10.2. The van der Waals surface area contributed by atoms with Gasteiger partial charge < -0.3 is 20.3 Å². The van der Waals surface area contributed by atoms with Crippen molar-refractivity contribution < 1.29 is 0 Å². The molecule has 27 heavy (non-hydrogen) atoms. The van der Waals surface area contributed by atoms with Gasteiger partial charge in [-0.1, -0.05) is 18.9 Å². The average molecular weight is 361 g/mol. The monoisotopic (exact) mass is 361 g/mol. The van der Waals surface area contributed by atoms with Crippen molar-refractivity contribution in [2.24, 2.45) is 0 Å². The fraction of sp³-hybridized carbons (Fsp3) is 0.250. The van der Waals surface area contributed by atoms with Crippen molar-refractivity contribution in [3.63, 3.8) is 0 Å². The molecule has 4 N–H and O–H groups in total. The number of aromatic amines is 3. The zero-order valence-electron chi connectivity index (χ0n) is 14.6. The molecule has 0 bridgehead atoms. The van der Waals surface area contributed by atoms with Crippen LogP contribution in [0.25, 0.3) is 33.2 Å². The quantitative estimate of drug-likeness (QED) is 0.421. The smallest absolute Gasteiger partial charge is 0.314 e. The van der Waals surface area contributed by atoms with Crippen molar-refractivity contribution in [1.29, 1.82) is 0 Å². The Kier molecular flexibility index (Phi) is 3.60. The molecule has 1 saturated carbocycles. The predicted octanol–water partition coefficient (Wildman–Crippen LogP) is 3.11. The first-order chi connectivity index (χ1) is 13.2. The van der Waals surface area contributed by atoms with Crippen molar-refractivity contribution in [1.82, 2.24) is 19.9 Å². The van der Waals surface area contributed by atoms with Crippen molar-refractivity contribution in [3.05, 3.63) is 57.2 Å². The summed E-state index contributed by atoms with van der Waals surface area (Å²) in [5, 5.41) is 4.56. The van der Waals surface area contributed by atoms with Crippen molar-refractivity contribution >= 4 is 27.9 Å². The topological polar surface area (TPSA) is 106 Å². The second-order valence-electron chi connectivity index (χ2n) is 7.09. The van der Waals surface area contributed by atoms with Crippen LogP contribution < -0.4 is 16.4 Å². The second-order valence-corrected chi connectivity index (χ2v) is 7.09. The van der Waals surface area contributed by atoms with Gasteiger partial charge >= 0.3 is 11.1 Å². The molecular formula is C20H19N5O2. The average Bonchev–Trinajstić information content (AvgIpc) is 3.33. The number of nitrogens with zero attached hydrogens (tertiary/aromatic N) is 1. The number of anilines is 1. The molecule has 1 aromatic carbocycles. The summed E-state index contributed by atoms with van der Waals surface area (Å²) in [5.41, 5.74) is 2.71. The number of hydrogen-bond acceptors (Lipinski definition) is 4. The van der Waals surface area contributed by atoms with Crippen LogP contribution in [0, 0.1) is 0 Å². The summed E-state index contributed by atoms with van der Waals surface area (Å²) in [7, 11) is 0. The van der Waals surface area contributed by atoms with Crippen LogP contribution in [-0.4, -0.2) is 26.0 Å². The summed E-state index contributed by atoms with van der Waals surface area (Å²) in [6.07, 6.45) is 6.73. The number of fused-ring (bicyclic) bond motifs is 2. The van der Waals surface area contributed by atoms with E-state index in [1.165, 1.54) is 25.7 Å². The molecule has 0 aliphatic heterocycles. The first kappa shape index (κ1) is 15.9. The van der Waals surface area contributed by atoms with E-state index in [0.717, 1.165) is 28.0 Å². The summed E-state index contributed by atoms with van der Waals surface area (Å²) in [5.74, 6) is 0.849. The fourth-order valence-corrected chi connectivity index (χ4v) is 3.91. The minimum Gasteiger partial charge on any atom is -0.367 e. The minimum atomic E-state index is -0.648. The molecule has 0 amide bonds. The highest BCUT2D eigenvalue weighted by Gasteiger charge is 2.17. The van der Waals surface area contributed by atoms with E-state index in [2.05, 4.69) is 26.3 Å². The maximum atomic E-state index is 11.7. The molecule has 1 aliphatic rings. The molecule has 136 valence electrons. The number of H-pyrrole nitrogens is 3. The largest absolute Gasteiger partial charge is 0.367 e. The Morgan fingerprint density at radius 3 is 2.56 bits per heavy atom. The molecule has 0 unspecified atom stereocenters. The zero-order chi connectivity index (χ0) is 18.4. The van der Waals surface area contributed by atoms with Crippen LogP contribution in [0.4, 0.5) is 5.82 Å². The first-order valence-electron chi connectivity index (χ1n) is 9.19. The third-order valence-electron chi connectivity index (χ3n) is 5.27. The molecule has 4 aromatic rings. The van der Waals surface area contributed by atoms with Gasteiger partial charge in [0.2, 0.25) is 0 Å². The second kappa shape index (κ2) is 6.12. The number of nitrogens with one attached hydrogen (secondary N) is 4. The van der Waals surface area contributed by atoms with Crippen LogP contribution in [0.5, 0.6) is 0 Å². The summed E-state index contributed by atoms with van der Waals surface area (Å²) >= 11 is 0. The minimum absolute atomic E-state index is 0.468. The Morgan fingerprint density at radius 1 is 0.963 bits per heavy atom. The van der Waals surface area contributed by atoms with Crippen LogP contribution in [0.15, 0.2) is 46.1 Å². The Bertz CT molecular complexity index is 1260. The van der Waals surface area contributed by atoms with Gasteiger partial charge in [-0.15, -0.1) is 0 Å². The van der Waals surface area contributed by atoms with Gasteiger partial charge in [0.05, 0.1) is 11.0 Å². The number of aromatic nitrogens is 4. The van der Waals surface area contributed by atoms with E-state index in [-0.39, 0.29) is 0 Å². The maximum absolute atomic E-state index is 11.7. The molecule has 0 radical (unpaired) electrons. The van der Waals surface area contributed by atoms with Crippen LogP contribution >= 0.6 is 0 Å². The van der Waals surface area contributed by atoms with Gasteiger partial charge in [-0.2, -0.15) is 0 Å². The molecule has 0 saturated heterocycles. The van der Waals surface area contributed by atoms with E-state index in [1.807, 2.05) is 30.5 Å². The molecular weight excluding hydrogens is 342 g/mol. The van der Waals surface area contributed by atoms with Gasteiger partial charge in [0, 0.05) is 17.6 Å². The van der Waals surface area contributed by atoms with E-state index in [9.17, 15) is 9.59 Å². The van der Waals surface area contributed by atoms with Crippen LogP contribution in [-0.2, 0) is 0 Å². The standard InChI is InChI=1S/C20H19N5O2/c26-19-20(27)24-16-9-11(5-6-15(16)23-19)14-10-17(22-12-3-1-2-4-12)25-18-13(14)7-8-21-18/h5-10,12H,1-4H2,(H,23,26)(H,24,27)(H2,21,22,25). The molecule has 3 aromatic heterocycles. The third kappa shape index (κ3) is 2.81. The van der Waals surface area contributed by atoms with E-state index < -0.39 is 11.1 Å². The summed E-state index contributed by atoms with van der Waals surface area (Å²) in [4.78, 5) is 36.3. The maximum Gasteiger partial charge on any atom is 0.314 e.